The van der Waals surface area contributed by atoms with Crippen molar-refractivity contribution >= 4 is 40.6 Å². The van der Waals surface area contributed by atoms with Crippen LogP contribution in [0.3, 0.4) is 0 Å². The van der Waals surface area contributed by atoms with Gasteiger partial charge in [0.2, 0.25) is 5.91 Å². The molecule has 45 heavy (non-hydrogen) atoms. The van der Waals surface area contributed by atoms with Crippen LogP contribution in [0.15, 0.2) is 48.9 Å². The zero-order valence-corrected chi connectivity index (χ0v) is 25.1. The number of carbonyl (C=O) groups excluding carboxylic acids is 2. The van der Waals surface area contributed by atoms with E-state index in [2.05, 4.69) is 20.6 Å². The third kappa shape index (κ3) is 6.00. The minimum absolute atomic E-state index is 0.0340. The van der Waals surface area contributed by atoms with E-state index >= 15 is 0 Å². The number of hydrogen-bond donors (Lipinski definition) is 3. The monoisotopic (exact) mass is 632 g/mol. The van der Waals surface area contributed by atoms with Gasteiger partial charge < -0.3 is 30.3 Å². The number of aliphatic hydroxyl groups excluding tert-OH is 1. The SMILES string of the molecule is Cc1cc(Nc2nccn3c(-c4ccc(OCC#N)c(F)c4Cl)cnc23)ccc1C(=O)N1CCN(C(=O)[C@@H]2C[C@@H](O)CN2)CC1. The lowest BCUT2D eigenvalue weighted by atomic mass is 10.1. The maximum Gasteiger partial charge on any atom is 0.254 e. The minimum Gasteiger partial charge on any atom is -0.476 e. The van der Waals surface area contributed by atoms with Gasteiger partial charge in [-0.1, -0.05) is 11.6 Å². The Labute approximate surface area is 263 Å². The number of aliphatic hydroxyl groups is 1. The standard InChI is InChI=1S/C31H30ClFN8O4/c1-18-14-19(2-3-21(18)30(43)39-9-11-40(12-10-39)31(44)23-15-20(42)16-36-23)38-28-29-37-17-24(41(29)8-7-35-28)22-4-5-25(45-13-6-34)27(33)26(22)32/h2-5,7-8,14,17,20,23,36,42H,9-13,15-16H2,1H3,(H,35,38)/t20-,23+/m1/s1. The molecule has 4 aromatic rings. The predicted octanol–water partition coefficient (Wildman–Crippen LogP) is 3.15. The summed E-state index contributed by atoms with van der Waals surface area (Å²) in [4.78, 5) is 38.6. The Morgan fingerprint density at radius 3 is 2.69 bits per heavy atom. The first-order valence-electron chi connectivity index (χ1n) is 14.4. The number of amides is 2. The van der Waals surface area contributed by atoms with Crippen molar-refractivity contribution in [3.05, 3.63) is 70.9 Å². The fourth-order valence-electron chi connectivity index (χ4n) is 5.70. The molecule has 12 nitrogen and oxygen atoms in total. The number of piperazine rings is 1. The van der Waals surface area contributed by atoms with Gasteiger partial charge in [-0.2, -0.15) is 5.26 Å². The van der Waals surface area contributed by atoms with Crippen molar-refractivity contribution in [2.24, 2.45) is 0 Å². The van der Waals surface area contributed by atoms with Crippen molar-refractivity contribution in [1.82, 2.24) is 29.5 Å². The zero-order chi connectivity index (χ0) is 31.7. The van der Waals surface area contributed by atoms with Gasteiger partial charge in [-0.05, 0) is 49.2 Å². The number of nitrogens with zero attached hydrogens (tertiary/aromatic N) is 6. The van der Waals surface area contributed by atoms with Crippen LogP contribution >= 0.6 is 11.6 Å². The van der Waals surface area contributed by atoms with Crippen LogP contribution < -0.4 is 15.4 Å². The number of carbonyl (C=O) groups is 2. The molecule has 6 rings (SSSR count). The molecule has 2 fully saturated rings. The third-order valence-corrected chi connectivity index (χ3v) is 8.42. The maximum atomic E-state index is 14.8. The topological polar surface area (TPSA) is 148 Å². The first-order valence-corrected chi connectivity index (χ1v) is 14.8. The summed E-state index contributed by atoms with van der Waals surface area (Å²) in [5, 5.41) is 24.6. The van der Waals surface area contributed by atoms with Gasteiger partial charge in [0.25, 0.3) is 5.91 Å². The van der Waals surface area contributed by atoms with Crippen LogP contribution in [0.5, 0.6) is 5.75 Å². The van der Waals surface area contributed by atoms with E-state index in [1.165, 1.54) is 6.07 Å². The molecule has 2 aromatic heterocycles. The Morgan fingerprint density at radius 2 is 1.98 bits per heavy atom. The maximum absolute atomic E-state index is 14.8. The normalized spacial score (nSPS) is 18.2. The second-order valence-electron chi connectivity index (χ2n) is 10.9. The van der Waals surface area contributed by atoms with Crippen LogP contribution in [0.4, 0.5) is 15.9 Å². The van der Waals surface area contributed by atoms with Crippen molar-refractivity contribution < 1.29 is 23.8 Å². The van der Waals surface area contributed by atoms with Crippen LogP contribution in [0.2, 0.25) is 5.02 Å². The molecule has 2 aliphatic rings. The molecule has 2 amide bonds. The number of hydrogen-bond acceptors (Lipinski definition) is 9. The molecule has 2 saturated heterocycles. The number of β-amino-alcohol motifs (C(OH)–C–C–N with tert-alkyl or cyclic N) is 1. The van der Waals surface area contributed by atoms with Crippen LogP contribution in [-0.4, -0.2) is 92.6 Å². The quantitative estimate of drug-likeness (QED) is 0.279. The smallest absolute Gasteiger partial charge is 0.254 e. The summed E-state index contributed by atoms with van der Waals surface area (Å²) in [7, 11) is 0. The van der Waals surface area contributed by atoms with Crippen LogP contribution in [0.1, 0.15) is 22.3 Å². The number of nitriles is 1. The van der Waals surface area contributed by atoms with E-state index in [1.807, 2.05) is 13.0 Å². The minimum atomic E-state index is -0.769. The second-order valence-corrected chi connectivity index (χ2v) is 11.3. The number of ether oxygens (including phenoxy) is 1. The molecule has 0 bridgehead atoms. The van der Waals surface area contributed by atoms with Crippen LogP contribution in [0.25, 0.3) is 16.9 Å². The number of rotatable bonds is 7. The zero-order valence-electron chi connectivity index (χ0n) is 24.3. The summed E-state index contributed by atoms with van der Waals surface area (Å²) in [6.07, 6.45) is 4.73. The Kier molecular flexibility index (Phi) is 8.53. The number of anilines is 2. The number of benzene rings is 2. The molecular formula is C31H30ClFN8O4. The molecule has 0 unspecified atom stereocenters. The fraction of sp³-hybridized carbons (Fsp3) is 0.323. The van der Waals surface area contributed by atoms with E-state index in [9.17, 15) is 19.1 Å². The Morgan fingerprint density at radius 1 is 1.20 bits per heavy atom. The van der Waals surface area contributed by atoms with Gasteiger partial charge in [0, 0.05) is 61.9 Å². The van der Waals surface area contributed by atoms with Crippen molar-refractivity contribution in [2.75, 3.05) is 44.6 Å². The first-order chi connectivity index (χ1) is 21.7. The molecule has 2 aromatic carbocycles. The lowest BCUT2D eigenvalue weighted by Crippen LogP contribution is -2.54. The number of aromatic nitrogens is 3. The predicted molar refractivity (Wildman–Crippen MR) is 164 cm³/mol. The molecule has 0 radical (unpaired) electrons. The van der Waals surface area contributed by atoms with E-state index in [1.54, 1.807) is 57.1 Å². The summed E-state index contributed by atoms with van der Waals surface area (Å²) < 4.78 is 21.7. The Hall–Kier alpha value is -4.77. The average Bonchev–Trinajstić information content (AvgIpc) is 3.68. The van der Waals surface area contributed by atoms with Gasteiger partial charge in [-0.15, -0.1) is 0 Å². The molecule has 3 N–H and O–H groups in total. The molecule has 0 saturated carbocycles. The number of imidazole rings is 1. The molecular weight excluding hydrogens is 603 g/mol. The van der Waals surface area contributed by atoms with Gasteiger partial charge in [0.1, 0.15) is 6.07 Å². The van der Waals surface area contributed by atoms with E-state index in [4.69, 9.17) is 21.6 Å². The Bertz CT molecular complexity index is 1820. The molecule has 4 heterocycles. The van der Waals surface area contributed by atoms with Crippen molar-refractivity contribution in [1.29, 1.82) is 5.26 Å². The summed E-state index contributed by atoms with van der Waals surface area (Å²) in [5.74, 6) is -0.580. The number of nitrogens with one attached hydrogen (secondary N) is 2. The highest BCUT2D eigenvalue weighted by molar-refractivity contribution is 6.33. The van der Waals surface area contributed by atoms with Crippen LogP contribution in [-0.2, 0) is 4.79 Å². The fourth-order valence-corrected chi connectivity index (χ4v) is 5.95. The highest BCUT2D eigenvalue weighted by Gasteiger charge is 2.33. The molecule has 2 atom stereocenters. The molecule has 0 spiro atoms. The largest absolute Gasteiger partial charge is 0.476 e. The molecule has 14 heteroatoms. The molecule has 0 aliphatic carbocycles. The highest BCUT2D eigenvalue weighted by atomic mass is 35.5. The number of halogens is 2. The summed E-state index contributed by atoms with van der Waals surface area (Å²) >= 11 is 6.34. The Balaban J connectivity index is 1.15. The van der Waals surface area contributed by atoms with Gasteiger partial charge in [0.15, 0.2) is 29.6 Å². The van der Waals surface area contributed by atoms with Gasteiger partial charge >= 0.3 is 0 Å². The van der Waals surface area contributed by atoms with Crippen molar-refractivity contribution in [2.45, 2.75) is 25.5 Å². The van der Waals surface area contributed by atoms with E-state index < -0.39 is 11.9 Å². The van der Waals surface area contributed by atoms with Gasteiger partial charge in [-0.3, -0.25) is 14.0 Å². The second kappa shape index (κ2) is 12.7. The van der Waals surface area contributed by atoms with E-state index in [0.717, 1.165) is 5.56 Å². The van der Waals surface area contributed by atoms with E-state index in [0.29, 0.717) is 73.1 Å². The van der Waals surface area contributed by atoms with E-state index in [-0.39, 0.29) is 35.2 Å². The average molecular weight is 633 g/mol. The van der Waals surface area contributed by atoms with Gasteiger partial charge in [-0.25, -0.2) is 14.4 Å². The molecule has 2 aliphatic heterocycles. The molecule has 232 valence electrons. The highest BCUT2D eigenvalue weighted by Crippen LogP contribution is 2.36. The number of aryl methyl sites for hydroxylation is 1. The summed E-state index contributed by atoms with van der Waals surface area (Å²) in [6, 6.07) is 9.84. The van der Waals surface area contributed by atoms with Gasteiger partial charge in [0.05, 0.1) is 29.1 Å². The van der Waals surface area contributed by atoms with Crippen molar-refractivity contribution in [3.63, 3.8) is 0 Å². The lowest BCUT2D eigenvalue weighted by molar-refractivity contribution is -0.134. The first kappa shape index (κ1) is 30.3. The van der Waals surface area contributed by atoms with Crippen LogP contribution in [0, 0.1) is 24.1 Å². The summed E-state index contributed by atoms with van der Waals surface area (Å²) in [6.45, 7) is 3.71. The summed E-state index contributed by atoms with van der Waals surface area (Å²) in [5.41, 5.74) is 3.42. The number of fused-ring (bicyclic) bond motifs is 1. The lowest BCUT2D eigenvalue weighted by Gasteiger charge is -2.36. The third-order valence-electron chi connectivity index (χ3n) is 8.05. The van der Waals surface area contributed by atoms with Crippen molar-refractivity contribution in [3.8, 4) is 23.1 Å².